The van der Waals surface area contributed by atoms with Crippen LogP contribution in [0.2, 0.25) is 5.02 Å². The number of hydrogen-bond donors (Lipinski definition) is 2. The molecule has 5 heteroatoms. The molecule has 1 amide bonds. The van der Waals surface area contributed by atoms with Crippen molar-refractivity contribution in [3.05, 3.63) is 27.2 Å². The highest BCUT2D eigenvalue weighted by Gasteiger charge is 2.37. The van der Waals surface area contributed by atoms with E-state index in [1.165, 1.54) is 0 Å². The molecule has 1 atom stereocenters. The molecule has 0 bridgehead atoms. The summed E-state index contributed by atoms with van der Waals surface area (Å²) in [5.41, 5.74) is 1.66. The monoisotopic (exact) mass is 358 g/mol. The van der Waals surface area contributed by atoms with Crippen LogP contribution >= 0.6 is 27.5 Å². The Morgan fingerprint density at radius 2 is 2.20 bits per heavy atom. The maximum absolute atomic E-state index is 12.5. The van der Waals surface area contributed by atoms with Crippen molar-refractivity contribution in [2.45, 2.75) is 39.7 Å². The number of carbonyl (C=O) groups excluding carboxylic acids is 1. The highest BCUT2D eigenvalue weighted by Crippen LogP contribution is 2.33. The van der Waals surface area contributed by atoms with E-state index in [-0.39, 0.29) is 17.4 Å². The van der Waals surface area contributed by atoms with Gasteiger partial charge in [0.2, 0.25) is 5.91 Å². The highest BCUT2D eigenvalue weighted by atomic mass is 79.9. The van der Waals surface area contributed by atoms with Gasteiger partial charge >= 0.3 is 0 Å². The fourth-order valence-corrected chi connectivity index (χ4v) is 3.33. The fraction of sp³-hybridized carbons (Fsp3) is 0.533. The standard InChI is InChI=1S/C15H20BrClN2O/c1-9-7-10(16)12(8-11(9)17)19-14(20)13-15(2,3)5-4-6-18-13/h7-8,13,18H,4-6H2,1-3H3,(H,19,20). The van der Waals surface area contributed by atoms with E-state index in [0.29, 0.717) is 10.7 Å². The third-order valence-corrected chi connectivity index (χ3v) is 4.96. The number of nitrogens with one attached hydrogen (secondary N) is 2. The van der Waals surface area contributed by atoms with Gasteiger partial charge in [-0.15, -0.1) is 0 Å². The summed E-state index contributed by atoms with van der Waals surface area (Å²) in [6.07, 6.45) is 2.16. The Labute approximate surface area is 133 Å². The minimum absolute atomic E-state index is 0.00433. The molecule has 0 spiro atoms. The van der Waals surface area contributed by atoms with Crippen molar-refractivity contribution >= 4 is 39.1 Å². The average molecular weight is 360 g/mol. The summed E-state index contributed by atoms with van der Waals surface area (Å²) in [5.74, 6) is -0.00433. The van der Waals surface area contributed by atoms with Gasteiger partial charge in [-0.3, -0.25) is 4.79 Å². The lowest BCUT2D eigenvalue weighted by Gasteiger charge is -2.38. The number of rotatable bonds is 2. The summed E-state index contributed by atoms with van der Waals surface area (Å²) < 4.78 is 0.848. The molecule has 1 heterocycles. The van der Waals surface area contributed by atoms with Gasteiger partial charge in [-0.25, -0.2) is 0 Å². The predicted molar refractivity (Wildman–Crippen MR) is 87.3 cm³/mol. The van der Waals surface area contributed by atoms with Crippen molar-refractivity contribution in [2.24, 2.45) is 5.41 Å². The fourth-order valence-electron chi connectivity index (χ4n) is 2.61. The molecule has 1 fully saturated rings. The highest BCUT2D eigenvalue weighted by molar-refractivity contribution is 9.10. The zero-order valence-corrected chi connectivity index (χ0v) is 14.4. The smallest absolute Gasteiger partial charge is 0.242 e. The Morgan fingerprint density at radius 3 is 2.85 bits per heavy atom. The number of carbonyl (C=O) groups is 1. The minimum atomic E-state index is -0.178. The molecule has 1 aliphatic rings. The molecule has 2 N–H and O–H groups in total. The first-order chi connectivity index (χ1) is 9.31. The Morgan fingerprint density at radius 1 is 1.50 bits per heavy atom. The third kappa shape index (κ3) is 3.35. The van der Waals surface area contributed by atoms with Crippen molar-refractivity contribution < 1.29 is 4.79 Å². The molecule has 1 aromatic rings. The molecule has 1 saturated heterocycles. The average Bonchev–Trinajstić information content (AvgIpc) is 2.35. The Hall–Kier alpha value is -0.580. The van der Waals surface area contributed by atoms with Crippen LogP contribution in [0.4, 0.5) is 5.69 Å². The molecule has 0 aliphatic carbocycles. The van der Waals surface area contributed by atoms with Crippen LogP contribution in [0.15, 0.2) is 16.6 Å². The topological polar surface area (TPSA) is 41.1 Å². The molecule has 20 heavy (non-hydrogen) atoms. The second kappa shape index (κ2) is 6.04. The number of hydrogen-bond acceptors (Lipinski definition) is 2. The number of aryl methyl sites for hydroxylation is 1. The summed E-state index contributed by atoms with van der Waals surface area (Å²) in [6.45, 7) is 7.07. The van der Waals surface area contributed by atoms with Crippen LogP contribution in [0.1, 0.15) is 32.3 Å². The lowest BCUT2D eigenvalue weighted by atomic mass is 9.77. The van der Waals surface area contributed by atoms with Gasteiger partial charge < -0.3 is 10.6 Å². The van der Waals surface area contributed by atoms with Crippen LogP contribution < -0.4 is 10.6 Å². The van der Waals surface area contributed by atoms with Crippen molar-refractivity contribution in [3.8, 4) is 0 Å². The summed E-state index contributed by atoms with van der Waals surface area (Å²) in [6, 6.07) is 3.52. The predicted octanol–water partition coefficient (Wildman–Crippen LogP) is 4.13. The van der Waals surface area contributed by atoms with Gasteiger partial charge in [-0.1, -0.05) is 25.4 Å². The van der Waals surface area contributed by atoms with Crippen molar-refractivity contribution in [2.75, 3.05) is 11.9 Å². The normalized spacial score (nSPS) is 21.6. The molecule has 110 valence electrons. The van der Waals surface area contributed by atoms with Crippen molar-refractivity contribution in [3.63, 3.8) is 0 Å². The van der Waals surface area contributed by atoms with Crippen LogP contribution in [0.25, 0.3) is 0 Å². The summed E-state index contributed by atoms with van der Waals surface area (Å²) >= 11 is 9.59. The number of amides is 1. The number of benzene rings is 1. The zero-order valence-electron chi connectivity index (χ0n) is 12.0. The van der Waals surface area contributed by atoms with Gasteiger partial charge in [0, 0.05) is 9.50 Å². The van der Waals surface area contributed by atoms with Gasteiger partial charge in [-0.2, -0.15) is 0 Å². The second-order valence-electron chi connectivity index (χ2n) is 6.05. The van der Waals surface area contributed by atoms with Crippen LogP contribution in [-0.2, 0) is 4.79 Å². The lowest BCUT2D eigenvalue weighted by Crippen LogP contribution is -2.53. The first-order valence-electron chi connectivity index (χ1n) is 6.81. The summed E-state index contributed by atoms with van der Waals surface area (Å²) in [5, 5.41) is 6.94. The molecule has 0 radical (unpaired) electrons. The summed E-state index contributed by atoms with van der Waals surface area (Å²) in [4.78, 5) is 12.5. The molecule has 1 unspecified atom stereocenters. The molecular formula is C15H20BrClN2O. The first-order valence-corrected chi connectivity index (χ1v) is 7.98. The van der Waals surface area contributed by atoms with E-state index in [2.05, 4.69) is 40.4 Å². The number of anilines is 1. The number of piperidine rings is 1. The van der Waals surface area contributed by atoms with Crippen molar-refractivity contribution in [1.82, 2.24) is 5.32 Å². The van der Waals surface area contributed by atoms with E-state index < -0.39 is 0 Å². The van der Waals surface area contributed by atoms with Gasteiger partial charge in [-0.05, 0) is 65.4 Å². The second-order valence-corrected chi connectivity index (χ2v) is 7.31. The van der Waals surface area contributed by atoms with Gasteiger partial charge in [0.15, 0.2) is 0 Å². The zero-order chi connectivity index (χ0) is 14.9. The van der Waals surface area contributed by atoms with E-state index in [9.17, 15) is 4.79 Å². The number of halogens is 2. The third-order valence-electron chi connectivity index (χ3n) is 3.90. The van der Waals surface area contributed by atoms with E-state index >= 15 is 0 Å². The molecule has 0 saturated carbocycles. The lowest BCUT2D eigenvalue weighted by molar-refractivity contribution is -0.121. The molecule has 1 aliphatic heterocycles. The van der Waals surface area contributed by atoms with Crippen molar-refractivity contribution in [1.29, 1.82) is 0 Å². The van der Waals surface area contributed by atoms with Crippen LogP contribution in [0.5, 0.6) is 0 Å². The van der Waals surface area contributed by atoms with E-state index in [1.54, 1.807) is 6.07 Å². The maximum Gasteiger partial charge on any atom is 0.242 e. The van der Waals surface area contributed by atoms with Crippen LogP contribution in [0.3, 0.4) is 0 Å². The Bertz CT molecular complexity index is 531. The van der Waals surface area contributed by atoms with Gasteiger partial charge in [0.25, 0.3) is 0 Å². The Kier molecular flexibility index (Phi) is 4.77. The maximum atomic E-state index is 12.5. The van der Waals surface area contributed by atoms with Gasteiger partial charge in [0.1, 0.15) is 0 Å². The Balaban J connectivity index is 2.17. The largest absolute Gasteiger partial charge is 0.324 e. The minimum Gasteiger partial charge on any atom is -0.324 e. The van der Waals surface area contributed by atoms with E-state index in [0.717, 1.165) is 29.4 Å². The first kappa shape index (κ1) is 15.8. The SMILES string of the molecule is Cc1cc(Br)c(NC(=O)C2NCCCC2(C)C)cc1Cl. The van der Waals surface area contributed by atoms with Gasteiger partial charge in [0.05, 0.1) is 11.7 Å². The van der Waals surface area contributed by atoms with Crippen LogP contribution in [0, 0.1) is 12.3 Å². The molecule has 0 aromatic heterocycles. The molecule has 3 nitrogen and oxygen atoms in total. The summed E-state index contributed by atoms with van der Waals surface area (Å²) in [7, 11) is 0. The van der Waals surface area contributed by atoms with E-state index in [4.69, 9.17) is 11.6 Å². The quantitative estimate of drug-likeness (QED) is 0.833. The molecule has 2 rings (SSSR count). The molecular weight excluding hydrogens is 340 g/mol. The molecule has 1 aromatic carbocycles. The van der Waals surface area contributed by atoms with E-state index in [1.807, 2.05) is 13.0 Å². The van der Waals surface area contributed by atoms with Crippen LogP contribution in [-0.4, -0.2) is 18.5 Å².